The molecular weight excluding hydrogens is 324 g/mol. The minimum atomic E-state index is 0.0783. The van der Waals surface area contributed by atoms with Crippen molar-refractivity contribution in [2.75, 3.05) is 30.0 Å². The van der Waals surface area contributed by atoms with Gasteiger partial charge in [-0.1, -0.05) is 18.7 Å². The second-order valence-corrected chi connectivity index (χ2v) is 7.68. The Morgan fingerprint density at radius 3 is 2.83 bits per heavy atom. The number of hydrogen-bond acceptors (Lipinski definition) is 7. The maximum Gasteiger partial charge on any atom is 0.189 e. The summed E-state index contributed by atoms with van der Waals surface area (Å²) in [5, 5.41) is 13.2. The minimum absolute atomic E-state index is 0.0783. The molecule has 2 fully saturated rings. The number of nitrogens with two attached hydrogens (primary N) is 1. The Bertz CT molecular complexity index is 554. The van der Waals surface area contributed by atoms with Gasteiger partial charge in [0.25, 0.3) is 0 Å². The Morgan fingerprint density at radius 1 is 1.29 bits per heavy atom. The Hall–Kier alpha value is -1.05. The molecule has 0 saturated heterocycles. The lowest BCUT2D eigenvalue weighted by Crippen LogP contribution is -2.21. The van der Waals surface area contributed by atoms with E-state index in [-0.39, 0.29) is 12.7 Å². The van der Waals surface area contributed by atoms with Gasteiger partial charge in [0, 0.05) is 11.8 Å². The smallest absolute Gasteiger partial charge is 0.189 e. The molecule has 0 amide bonds. The number of aliphatic hydroxyl groups excluding tert-OH is 1. The molecule has 134 valence electrons. The molecule has 1 heterocycles. The largest absolute Gasteiger partial charge is 0.394 e. The van der Waals surface area contributed by atoms with Gasteiger partial charge in [0.1, 0.15) is 0 Å². The van der Waals surface area contributed by atoms with Gasteiger partial charge in [0.05, 0.1) is 30.7 Å². The third-order valence-corrected chi connectivity index (χ3v) is 5.73. The summed E-state index contributed by atoms with van der Waals surface area (Å²) in [5.74, 6) is 2.72. The Morgan fingerprint density at radius 2 is 2.12 bits per heavy atom. The van der Waals surface area contributed by atoms with E-state index in [9.17, 15) is 0 Å². The molecule has 0 aromatic carbocycles. The topological polar surface area (TPSA) is 93.3 Å². The molecule has 1 aromatic heterocycles. The van der Waals surface area contributed by atoms with Crippen LogP contribution in [0.25, 0.3) is 0 Å². The van der Waals surface area contributed by atoms with Crippen LogP contribution in [0.2, 0.25) is 0 Å². The molecule has 2 atom stereocenters. The number of aromatic nitrogens is 2. The summed E-state index contributed by atoms with van der Waals surface area (Å²) in [6, 6.07) is 0.317. The third-order valence-electron chi connectivity index (χ3n) is 4.65. The fourth-order valence-electron chi connectivity index (χ4n) is 3.05. The number of thioether (sulfide) groups is 1. The maximum atomic E-state index is 8.87. The van der Waals surface area contributed by atoms with Crippen LogP contribution in [0.4, 0.5) is 11.5 Å². The fourth-order valence-corrected chi connectivity index (χ4v) is 4.10. The molecule has 3 rings (SSSR count). The number of hydrogen-bond donors (Lipinski definition) is 3. The normalized spacial score (nSPS) is 23.6. The second kappa shape index (κ2) is 8.36. The SMILES string of the molecule is CCc1nc(SCC2CC2)nc(NC2CCC(OCCO)C2)c1N. The lowest BCUT2D eigenvalue weighted by Gasteiger charge is -2.17. The zero-order valence-electron chi connectivity index (χ0n) is 14.3. The van der Waals surface area contributed by atoms with Gasteiger partial charge in [-0.3, -0.25) is 0 Å². The number of aryl methyl sites for hydroxylation is 1. The second-order valence-electron chi connectivity index (χ2n) is 6.69. The molecule has 2 unspecified atom stereocenters. The molecule has 24 heavy (non-hydrogen) atoms. The van der Waals surface area contributed by atoms with Gasteiger partial charge in [-0.2, -0.15) is 0 Å². The summed E-state index contributed by atoms with van der Waals surface area (Å²) < 4.78 is 5.63. The van der Waals surface area contributed by atoms with Crippen molar-refractivity contribution in [1.29, 1.82) is 0 Å². The summed E-state index contributed by atoms with van der Waals surface area (Å²) in [5.41, 5.74) is 7.86. The molecule has 2 aliphatic rings. The van der Waals surface area contributed by atoms with Gasteiger partial charge < -0.3 is 20.9 Å². The first-order valence-electron chi connectivity index (χ1n) is 8.97. The van der Waals surface area contributed by atoms with Crippen LogP contribution >= 0.6 is 11.8 Å². The minimum Gasteiger partial charge on any atom is -0.394 e. The Kier molecular flexibility index (Phi) is 6.19. The molecule has 4 N–H and O–H groups in total. The van der Waals surface area contributed by atoms with Crippen LogP contribution in [0.15, 0.2) is 5.16 Å². The lowest BCUT2D eigenvalue weighted by atomic mass is 10.2. The van der Waals surface area contributed by atoms with E-state index < -0.39 is 0 Å². The van der Waals surface area contributed by atoms with E-state index in [1.165, 1.54) is 12.8 Å². The maximum absolute atomic E-state index is 8.87. The molecule has 1 aromatic rings. The van der Waals surface area contributed by atoms with Crippen molar-refractivity contribution in [3.05, 3.63) is 5.69 Å². The zero-order chi connectivity index (χ0) is 16.9. The summed E-state index contributed by atoms with van der Waals surface area (Å²) >= 11 is 1.74. The number of anilines is 2. The third kappa shape index (κ3) is 4.74. The van der Waals surface area contributed by atoms with E-state index in [1.807, 2.05) is 0 Å². The van der Waals surface area contributed by atoms with Crippen molar-refractivity contribution < 1.29 is 9.84 Å². The van der Waals surface area contributed by atoms with E-state index in [4.69, 9.17) is 15.6 Å². The Labute approximate surface area is 148 Å². The van der Waals surface area contributed by atoms with Crippen molar-refractivity contribution >= 4 is 23.3 Å². The van der Waals surface area contributed by atoms with Gasteiger partial charge in [-0.25, -0.2) is 9.97 Å². The van der Waals surface area contributed by atoms with Gasteiger partial charge >= 0.3 is 0 Å². The first-order chi connectivity index (χ1) is 11.7. The number of rotatable bonds is 9. The summed E-state index contributed by atoms with van der Waals surface area (Å²) in [4.78, 5) is 9.28. The van der Waals surface area contributed by atoms with E-state index in [0.29, 0.717) is 18.3 Å². The fraction of sp³-hybridized carbons (Fsp3) is 0.765. The van der Waals surface area contributed by atoms with E-state index >= 15 is 0 Å². The predicted molar refractivity (Wildman–Crippen MR) is 97.4 cm³/mol. The van der Waals surface area contributed by atoms with Crippen LogP contribution in [-0.2, 0) is 11.2 Å². The molecule has 6 nitrogen and oxygen atoms in total. The van der Waals surface area contributed by atoms with Crippen molar-refractivity contribution in [3.63, 3.8) is 0 Å². The highest BCUT2D eigenvalue weighted by Gasteiger charge is 2.27. The summed E-state index contributed by atoms with van der Waals surface area (Å²) in [6.07, 6.45) is 6.67. The van der Waals surface area contributed by atoms with Crippen LogP contribution in [0, 0.1) is 5.92 Å². The van der Waals surface area contributed by atoms with Crippen molar-refractivity contribution in [2.24, 2.45) is 5.92 Å². The summed E-state index contributed by atoms with van der Waals surface area (Å²) in [7, 11) is 0. The van der Waals surface area contributed by atoms with E-state index in [1.54, 1.807) is 11.8 Å². The van der Waals surface area contributed by atoms with Gasteiger partial charge in [0.2, 0.25) is 0 Å². The molecule has 0 radical (unpaired) electrons. The average Bonchev–Trinajstić information content (AvgIpc) is 3.32. The average molecular weight is 353 g/mol. The van der Waals surface area contributed by atoms with Crippen molar-refractivity contribution in [3.8, 4) is 0 Å². The molecule has 7 heteroatoms. The van der Waals surface area contributed by atoms with Crippen LogP contribution < -0.4 is 11.1 Å². The Balaban J connectivity index is 1.63. The van der Waals surface area contributed by atoms with Crippen molar-refractivity contribution in [1.82, 2.24) is 9.97 Å². The quantitative estimate of drug-likeness (QED) is 0.464. The molecule has 2 aliphatic carbocycles. The standard InChI is InChI=1S/C17H28N4O2S/c1-2-14-15(18)16(21-17(20-14)24-10-11-3-4-11)19-12-5-6-13(9-12)23-8-7-22/h11-13,22H,2-10,18H2,1H3,(H,19,20,21). The molecule has 0 bridgehead atoms. The highest BCUT2D eigenvalue weighted by Crippen LogP contribution is 2.35. The van der Waals surface area contributed by atoms with Crippen LogP contribution in [0.5, 0.6) is 0 Å². The number of nitrogen functional groups attached to an aromatic ring is 1. The van der Waals surface area contributed by atoms with E-state index in [0.717, 1.165) is 54.0 Å². The zero-order valence-corrected chi connectivity index (χ0v) is 15.1. The predicted octanol–water partition coefficient (Wildman–Crippen LogP) is 2.47. The monoisotopic (exact) mass is 352 g/mol. The first-order valence-corrected chi connectivity index (χ1v) is 9.96. The number of nitrogens with one attached hydrogen (secondary N) is 1. The van der Waals surface area contributed by atoms with Gasteiger partial charge in [-0.15, -0.1) is 0 Å². The molecule has 0 aliphatic heterocycles. The number of nitrogens with zero attached hydrogens (tertiary/aromatic N) is 2. The van der Waals surface area contributed by atoms with Gasteiger partial charge in [0.15, 0.2) is 11.0 Å². The number of ether oxygens (including phenoxy) is 1. The van der Waals surface area contributed by atoms with Crippen LogP contribution in [0.1, 0.15) is 44.7 Å². The van der Waals surface area contributed by atoms with Crippen molar-refractivity contribution in [2.45, 2.75) is 62.8 Å². The highest BCUT2D eigenvalue weighted by atomic mass is 32.2. The molecular formula is C17H28N4O2S. The van der Waals surface area contributed by atoms with Gasteiger partial charge in [-0.05, 0) is 44.4 Å². The van der Waals surface area contributed by atoms with Crippen LogP contribution in [-0.4, -0.2) is 46.2 Å². The molecule has 0 spiro atoms. The lowest BCUT2D eigenvalue weighted by molar-refractivity contribution is 0.0326. The number of aliphatic hydroxyl groups is 1. The van der Waals surface area contributed by atoms with Crippen LogP contribution in [0.3, 0.4) is 0 Å². The summed E-state index contributed by atoms with van der Waals surface area (Å²) in [6.45, 7) is 2.57. The molecule has 2 saturated carbocycles. The highest BCUT2D eigenvalue weighted by molar-refractivity contribution is 7.99. The first kappa shape index (κ1) is 17.8. The van der Waals surface area contributed by atoms with E-state index in [2.05, 4.69) is 22.2 Å².